The third kappa shape index (κ3) is 5.85. The Morgan fingerprint density at radius 1 is 1.14 bits per heavy atom. The fourth-order valence-corrected chi connectivity index (χ4v) is 2.09. The smallest absolute Gasteiger partial charge is 0.394 e. The normalized spacial score (nSPS) is 35.7. The Bertz CT molecular complexity index is 358. The maximum absolute atomic E-state index is 10.4. The number of phosphoric acid groups is 1. The molecule has 0 aromatic heterocycles. The molecule has 11 nitrogen and oxygen atoms in total. The summed E-state index contributed by atoms with van der Waals surface area (Å²) in [7, 11) is -4.73. The molecule has 7 N–H and O–H groups in total. The Balaban J connectivity index is 2.49. The van der Waals surface area contributed by atoms with Crippen LogP contribution in [0, 0.1) is 0 Å². The summed E-state index contributed by atoms with van der Waals surface area (Å²) >= 11 is 0. The molecule has 1 fully saturated rings. The fraction of sp³-hybridized carbons (Fsp3) is 1.00. The average molecular weight is 334 g/mol. The van der Waals surface area contributed by atoms with Crippen molar-refractivity contribution in [1.29, 1.82) is 0 Å². The molecule has 6 atom stereocenters. The van der Waals surface area contributed by atoms with Crippen molar-refractivity contribution in [3.63, 3.8) is 0 Å². The maximum atomic E-state index is 10.4. The van der Waals surface area contributed by atoms with E-state index in [2.05, 4.69) is 4.52 Å². The molecule has 1 heterocycles. The van der Waals surface area contributed by atoms with E-state index in [9.17, 15) is 25.0 Å². The maximum Gasteiger partial charge on any atom is 0.469 e. The van der Waals surface area contributed by atoms with Gasteiger partial charge in [-0.1, -0.05) is 0 Å². The highest BCUT2D eigenvalue weighted by Gasteiger charge is 2.44. The monoisotopic (exact) mass is 334 g/mol. The molecular formula is C9H19O11P. The number of hydrogen-bond acceptors (Lipinski definition) is 9. The third-order valence-electron chi connectivity index (χ3n) is 2.76. The molecule has 0 saturated carbocycles. The van der Waals surface area contributed by atoms with E-state index in [1.807, 2.05) is 0 Å². The molecule has 1 unspecified atom stereocenters. The van der Waals surface area contributed by atoms with Gasteiger partial charge in [0.15, 0.2) is 6.29 Å². The van der Waals surface area contributed by atoms with Crippen LogP contribution in [0.5, 0.6) is 0 Å². The lowest BCUT2D eigenvalue weighted by Gasteiger charge is -2.40. The summed E-state index contributed by atoms with van der Waals surface area (Å²) in [5.74, 6) is 0. The highest BCUT2D eigenvalue weighted by Crippen LogP contribution is 2.35. The molecule has 1 rings (SSSR count). The lowest BCUT2D eigenvalue weighted by atomic mass is 9.99. The van der Waals surface area contributed by atoms with Gasteiger partial charge in [0, 0.05) is 0 Å². The number of aliphatic hydroxyl groups excluding tert-OH is 5. The Kier molecular flexibility index (Phi) is 7.10. The molecule has 12 heteroatoms. The van der Waals surface area contributed by atoms with E-state index in [0.717, 1.165) is 0 Å². The molecule has 0 aromatic rings. The van der Waals surface area contributed by atoms with Gasteiger partial charge in [0.25, 0.3) is 0 Å². The largest absolute Gasteiger partial charge is 0.469 e. The summed E-state index contributed by atoms with van der Waals surface area (Å²) in [4.78, 5) is 16.9. The van der Waals surface area contributed by atoms with Crippen LogP contribution in [0.3, 0.4) is 0 Å². The highest BCUT2D eigenvalue weighted by atomic mass is 31.2. The van der Waals surface area contributed by atoms with E-state index in [4.69, 9.17) is 24.4 Å². The lowest BCUT2D eigenvalue weighted by molar-refractivity contribution is -0.296. The topological polar surface area (TPSA) is 186 Å². The summed E-state index contributed by atoms with van der Waals surface area (Å²) in [6.45, 7) is -1.85. The second-order valence-electron chi connectivity index (χ2n) is 4.47. The first-order valence-electron chi connectivity index (χ1n) is 5.96. The van der Waals surface area contributed by atoms with Crippen LogP contribution in [-0.2, 0) is 18.6 Å². The molecule has 0 amide bonds. The summed E-state index contributed by atoms with van der Waals surface area (Å²) < 4.78 is 24.4. The van der Waals surface area contributed by atoms with Crippen LogP contribution in [0.2, 0.25) is 0 Å². The van der Waals surface area contributed by atoms with Gasteiger partial charge >= 0.3 is 7.82 Å². The Morgan fingerprint density at radius 2 is 1.76 bits per heavy atom. The highest BCUT2D eigenvalue weighted by molar-refractivity contribution is 7.46. The molecule has 0 bridgehead atoms. The minimum absolute atomic E-state index is 0.510. The van der Waals surface area contributed by atoms with Crippen molar-refractivity contribution < 1.29 is 53.9 Å². The van der Waals surface area contributed by atoms with Crippen LogP contribution in [0.4, 0.5) is 0 Å². The van der Waals surface area contributed by atoms with Gasteiger partial charge in [0.2, 0.25) is 0 Å². The van der Waals surface area contributed by atoms with Gasteiger partial charge in [-0.25, -0.2) is 4.57 Å². The van der Waals surface area contributed by atoms with E-state index in [-0.39, 0.29) is 0 Å². The lowest BCUT2D eigenvalue weighted by Crippen LogP contribution is -2.59. The Hall–Kier alpha value is -0.170. The van der Waals surface area contributed by atoms with Crippen LogP contribution in [-0.4, -0.2) is 91.9 Å². The summed E-state index contributed by atoms with van der Waals surface area (Å²) in [5, 5.41) is 46.9. The average Bonchev–Trinajstić information content (AvgIpc) is 2.40. The molecule has 0 aliphatic carbocycles. The van der Waals surface area contributed by atoms with Gasteiger partial charge in [-0.15, -0.1) is 0 Å². The molecule has 1 aliphatic rings. The number of ether oxygens (including phenoxy) is 2. The summed E-state index contributed by atoms with van der Waals surface area (Å²) in [6.07, 6.45) is -8.76. The standard InChI is InChI=1S/C9H19O11P/c10-1-5-8(6(12)7(13)9(14)20-5)18-2-4(11)3-19-21(15,16)17/h4-14H,1-3H2,(H2,15,16,17)/t4?,5-,6-,7-,8-,9+/m1/s1. The van der Waals surface area contributed by atoms with E-state index in [0.29, 0.717) is 0 Å². The SMILES string of the molecule is O=P(O)(O)OCC(O)CO[C@H]1[C@H](O)[C@@H](O)[C@@H](O)O[C@@H]1CO. The van der Waals surface area contributed by atoms with Crippen molar-refractivity contribution in [2.24, 2.45) is 0 Å². The van der Waals surface area contributed by atoms with Crippen LogP contribution in [0.1, 0.15) is 0 Å². The first kappa shape index (κ1) is 18.9. The number of rotatable bonds is 7. The van der Waals surface area contributed by atoms with E-state index >= 15 is 0 Å². The molecule has 21 heavy (non-hydrogen) atoms. The molecule has 1 aliphatic heterocycles. The molecule has 0 aromatic carbocycles. The molecule has 1 saturated heterocycles. The summed E-state index contributed by atoms with van der Waals surface area (Å²) in [5.41, 5.74) is 0. The first-order valence-corrected chi connectivity index (χ1v) is 7.49. The van der Waals surface area contributed by atoms with Gasteiger partial charge in [0.1, 0.15) is 30.5 Å². The minimum atomic E-state index is -4.73. The molecule has 126 valence electrons. The molecule has 0 radical (unpaired) electrons. The molecular weight excluding hydrogens is 315 g/mol. The first-order chi connectivity index (χ1) is 9.65. The van der Waals surface area contributed by atoms with Gasteiger partial charge in [-0.2, -0.15) is 0 Å². The zero-order valence-corrected chi connectivity index (χ0v) is 11.7. The summed E-state index contributed by atoms with van der Waals surface area (Å²) in [6, 6.07) is 0. The number of hydrogen-bond donors (Lipinski definition) is 7. The fourth-order valence-electron chi connectivity index (χ4n) is 1.73. The van der Waals surface area contributed by atoms with Crippen molar-refractivity contribution in [2.75, 3.05) is 19.8 Å². The van der Waals surface area contributed by atoms with E-state index < -0.39 is 64.5 Å². The van der Waals surface area contributed by atoms with Gasteiger partial charge in [-0.05, 0) is 0 Å². The van der Waals surface area contributed by atoms with Crippen LogP contribution in [0.25, 0.3) is 0 Å². The number of phosphoric ester groups is 1. The quantitative estimate of drug-likeness (QED) is 0.227. The van der Waals surface area contributed by atoms with Crippen molar-refractivity contribution in [2.45, 2.75) is 36.8 Å². The third-order valence-corrected chi connectivity index (χ3v) is 3.24. The van der Waals surface area contributed by atoms with Crippen molar-refractivity contribution in [1.82, 2.24) is 0 Å². The Labute approximate surface area is 119 Å². The second-order valence-corrected chi connectivity index (χ2v) is 5.71. The van der Waals surface area contributed by atoms with Crippen molar-refractivity contribution >= 4 is 7.82 Å². The van der Waals surface area contributed by atoms with Crippen molar-refractivity contribution in [3.8, 4) is 0 Å². The minimum Gasteiger partial charge on any atom is -0.394 e. The van der Waals surface area contributed by atoms with E-state index in [1.165, 1.54) is 0 Å². The van der Waals surface area contributed by atoms with Crippen LogP contribution in [0.15, 0.2) is 0 Å². The van der Waals surface area contributed by atoms with Gasteiger partial charge < -0.3 is 44.8 Å². The second kappa shape index (κ2) is 7.90. The predicted octanol–water partition coefficient (Wildman–Crippen LogP) is -3.73. The zero-order chi connectivity index (χ0) is 16.2. The van der Waals surface area contributed by atoms with Gasteiger partial charge in [0.05, 0.1) is 19.8 Å². The van der Waals surface area contributed by atoms with Crippen LogP contribution >= 0.6 is 7.82 Å². The van der Waals surface area contributed by atoms with Gasteiger partial charge in [-0.3, -0.25) is 4.52 Å². The zero-order valence-electron chi connectivity index (χ0n) is 10.8. The number of aliphatic hydroxyl groups is 5. The van der Waals surface area contributed by atoms with Crippen LogP contribution < -0.4 is 0 Å². The molecule has 0 spiro atoms. The van der Waals surface area contributed by atoms with E-state index in [1.54, 1.807) is 0 Å². The van der Waals surface area contributed by atoms with Crippen molar-refractivity contribution in [3.05, 3.63) is 0 Å². The predicted molar refractivity (Wildman–Crippen MR) is 63.7 cm³/mol. The Morgan fingerprint density at radius 3 is 2.29 bits per heavy atom.